The van der Waals surface area contributed by atoms with Crippen LogP contribution < -0.4 is 0 Å². The minimum Gasteiger partial charge on any atom is -0.0617 e. The molecule has 0 N–H and O–H groups in total. The van der Waals surface area contributed by atoms with Gasteiger partial charge >= 0.3 is 0 Å². The van der Waals surface area contributed by atoms with E-state index in [0.717, 1.165) is 17.8 Å². The predicted octanol–water partition coefficient (Wildman–Crippen LogP) is 11.1. The van der Waals surface area contributed by atoms with Crippen LogP contribution in [0.2, 0.25) is 0 Å². The molecule has 2 aliphatic rings. The summed E-state index contributed by atoms with van der Waals surface area (Å²) in [4.78, 5) is 0. The fraction of sp³-hybridized carbons (Fsp3) is 1.00. The van der Waals surface area contributed by atoms with Gasteiger partial charge in [0.1, 0.15) is 0 Å². The van der Waals surface area contributed by atoms with E-state index in [1.807, 2.05) is 0 Å². The van der Waals surface area contributed by atoms with Crippen LogP contribution in [-0.2, 0) is 0 Å². The molecule has 0 radical (unpaired) electrons. The van der Waals surface area contributed by atoms with Crippen LogP contribution in [0.25, 0.3) is 0 Å². The quantitative estimate of drug-likeness (QED) is 0.424. The fourth-order valence-electron chi connectivity index (χ4n) is 4.67. The number of rotatable bonds is 3. The summed E-state index contributed by atoms with van der Waals surface area (Å²) in [5.74, 6) is 2.62. The molecule has 0 spiro atoms. The SMILES string of the molecule is C1CCCCC1.CC(C(C)C(C)(C)C)C(C)(C)C.CC(C)(C)CCC1CCCCC1. The summed E-state index contributed by atoms with van der Waals surface area (Å²) in [5.41, 5.74) is 1.43. The second kappa shape index (κ2) is 14.2. The smallest absolute Gasteiger partial charge is 0.0354 e. The molecule has 0 aromatic heterocycles. The highest BCUT2D eigenvalue weighted by atomic mass is 14.4. The van der Waals surface area contributed by atoms with Gasteiger partial charge in [0.05, 0.1) is 0 Å². The molecule has 2 unspecified atom stereocenters. The fourth-order valence-corrected chi connectivity index (χ4v) is 4.67. The summed E-state index contributed by atoms with van der Waals surface area (Å²) in [5, 5.41) is 0. The van der Waals surface area contributed by atoms with E-state index >= 15 is 0 Å². The molecule has 0 nitrogen and oxygen atoms in total. The van der Waals surface area contributed by atoms with Crippen LogP contribution in [0.15, 0.2) is 0 Å². The summed E-state index contributed by atoms with van der Waals surface area (Å²) in [6.07, 6.45) is 19.4. The van der Waals surface area contributed by atoms with Crippen molar-refractivity contribution in [2.45, 2.75) is 160 Å². The Labute approximate surface area is 193 Å². The van der Waals surface area contributed by atoms with E-state index in [2.05, 4.69) is 76.2 Å². The summed E-state index contributed by atoms with van der Waals surface area (Å²) >= 11 is 0. The lowest BCUT2D eigenvalue weighted by Gasteiger charge is -2.39. The summed E-state index contributed by atoms with van der Waals surface area (Å²) in [6, 6.07) is 0. The number of hydrogen-bond acceptors (Lipinski definition) is 0. The minimum atomic E-state index is 0.437. The highest BCUT2D eigenvalue weighted by Crippen LogP contribution is 2.40. The lowest BCUT2D eigenvalue weighted by molar-refractivity contribution is 0.0992. The van der Waals surface area contributed by atoms with Gasteiger partial charge in [-0.3, -0.25) is 0 Å². The van der Waals surface area contributed by atoms with Crippen LogP contribution in [0.1, 0.15) is 160 Å². The van der Waals surface area contributed by atoms with Crippen molar-refractivity contribution in [1.82, 2.24) is 0 Å². The van der Waals surface area contributed by atoms with Gasteiger partial charge in [-0.15, -0.1) is 0 Å². The normalized spacial score (nSPS) is 20.9. The second-order valence-corrected chi connectivity index (χ2v) is 14.0. The van der Waals surface area contributed by atoms with Crippen molar-refractivity contribution in [3.63, 3.8) is 0 Å². The molecule has 0 saturated heterocycles. The molecule has 2 atom stereocenters. The van der Waals surface area contributed by atoms with Crippen molar-refractivity contribution < 1.29 is 0 Å². The van der Waals surface area contributed by atoms with Gasteiger partial charge in [-0.05, 0) is 46.8 Å². The van der Waals surface area contributed by atoms with Gasteiger partial charge in [0.2, 0.25) is 0 Å². The van der Waals surface area contributed by atoms with Crippen LogP contribution in [0.5, 0.6) is 0 Å². The zero-order valence-electron chi connectivity index (χ0n) is 23.4. The van der Waals surface area contributed by atoms with Crippen LogP contribution in [0.3, 0.4) is 0 Å². The van der Waals surface area contributed by atoms with E-state index in [9.17, 15) is 0 Å². The molecule has 0 heteroatoms. The second-order valence-electron chi connectivity index (χ2n) is 14.0. The molecule has 2 saturated carbocycles. The molecular weight excluding hydrogens is 360 g/mol. The van der Waals surface area contributed by atoms with Gasteiger partial charge in [0, 0.05) is 0 Å². The molecular formula is C30H62. The maximum Gasteiger partial charge on any atom is -0.0354 e. The van der Waals surface area contributed by atoms with E-state index in [1.165, 1.54) is 83.5 Å². The molecule has 2 aliphatic carbocycles. The van der Waals surface area contributed by atoms with Crippen molar-refractivity contribution in [3.05, 3.63) is 0 Å². The first-order chi connectivity index (χ1) is 13.6. The molecule has 30 heavy (non-hydrogen) atoms. The molecule has 0 bridgehead atoms. The molecule has 0 aromatic carbocycles. The summed E-state index contributed by atoms with van der Waals surface area (Å²) < 4.78 is 0. The predicted molar refractivity (Wildman–Crippen MR) is 140 cm³/mol. The van der Waals surface area contributed by atoms with Crippen LogP contribution in [0.4, 0.5) is 0 Å². The highest BCUT2D eigenvalue weighted by Gasteiger charge is 2.32. The van der Waals surface area contributed by atoms with E-state index < -0.39 is 0 Å². The van der Waals surface area contributed by atoms with Crippen molar-refractivity contribution in [1.29, 1.82) is 0 Å². The maximum absolute atomic E-state index is 2.37. The third-order valence-electron chi connectivity index (χ3n) is 8.01. The van der Waals surface area contributed by atoms with Crippen molar-refractivity contribution in [3.8, 4) is 0 Å². The topological polar surface area (TPSA) is 0 Å². The van der Waals surface area contributed by atoms with E-state index in [-0.39, 0.29) is 0 Å². The van der Waals surface area contributed by atoms with Crippen molar-refractivity contribution >= 4 is 0 Å². The number of hydrogen-bond donors (Lipinski definition) is 0. The largest absolute Gasteiger partial charge is 0.0617 e. The van der Waals surface area contributed by atoms with Crippen molar-refractivity contribution in [2.75, 3.05) is 0 Å². The molecule has 2 rings (SSSR count). The van der Waals surface area contributed by atoms with Gasteiger partial charge < -0.3 is 0 Å². The Morgan fingerprint density at radius 3 is 1.10 bits per heavy atom. The average molecular weight is 423 g/mol. The summed E-state index contributed by atoms with van der Waals surface area (Å²) in [7, 11) is 0. The molecule has 2 fully saturated rings. The third kappa shape index (κ3) is 15.8. The average Bonchev–Trinajstić information content (AvgIpc) is 2.66. The standard InChI is InChI=1S/C12H24.C12H26.C6H12/c1-12(2,3)10-9-11-7-5-4-6-8-11;1-9(11(3,4)5)10(2)12(6,7)8;1-2-4-6-5-3-1/h11H,4-10H2,1-3H3;9-10H,1-8H3;1-6H2. The Kier molecular flexibility index (Phi) is 14.2. The van der Waals surface area contributed by atoms with Gasteiger partial charge in [0.25, 0.3) is 0 Å². The van der Waals surface area contributed by atoms with Gasteiger partial charge in [-0.2, -0.15) is 0 Å². The Hall–Kier alpha value is 0. The van der Waals surface area contributed by atoms with Crippen LogP contribution in [0, 0.1) is 34.0 Å². The van der Waals surface area contributed by atoms with Gasteiger partial charge in [-0.1, -0.05) is 147 Å². The van der Waals surface area contributed by atoms with E-state index in [0.29, 0.717) is 16.2 Å². The minimum absolute atomic E-state index is 0.437. The van der Waals surface area contributed by atoms with Crippen LogP contribution in [-0.4, -0.2) is 0 Å². The Bertz CT molecular complexity index is 358. The van der Waals surface area contributed by atoms with Crippen molar-refractivity contribution in [2.24, 2.45) is 34.0 Å². The van der Waals surface area contributed by atoms with Gasteiger partial charge in [-0.25, -0.2) is 0 Å². The lowest BCUT2D eigenvalue weighted by atomic mass is 9.66. The molecule has 0 aliphatic heterocycles. The molecule has 0 amide bonds. The highest BCUT2D eigenvalue weighted by molar-refractivity contribution is 4.81. The first-order valence-electron chi connectivity index (χ1n) is 13.6. The zero-order chi connectivity index (χ0) is 23.4. The Morgan fingerprint density at radius 1 is 0.533 bits per heavy atom. The third-order valence-corrected chi connectivity index (χ3v) is 8.01. The Balaban J connectivity index is 0.000000443. The molecule has 0 aromatic rings. The van der Waals surface area contributed by atoms with E-state index in [4.69, 9.17) is 0 Å². The molecule has 182 valence electrons. The first kappa shape index (κ1) is 30.0. The van der Waals surface area contributed by atoms with E-state index in [1.54, 1.807) is 0 Å². The van der Waals surface area contributed by atoms with Crippen LogP contribution >= 0.6 is 0 Å². The first-order valence-corrected chi connectivity index (χ1v) is 13.6. The maximum atomic E-state index is 2.37. The lowest BCUT2D eigenvalue weighted by Crippen LogP contribution is -2.32. The van der Waals surface area contributed by atoms with Gasteiger partial charge in [0.15, 0.2) is 0 Å². The Morgan fingerprint density at radius 2 is 0.833 bits per heavy atom. The zero-order valence-corrected chi connectivity index (χ0v) is 23.4. The summed E-state index contributed by atoms with van der Waals surface area (Å²) in [6.45, 7) is 25.8. The molecule has 0 heterocycles. The monoisotopic (exact) mass is 422 g/mol.